The van der Waals surface area contributed by atoms with E-state index in [1.54, 1.807) is 6.41 Å². The number of rotatable bonds is 4. The van der Waals surface area contributed by atoms with Crippen molar-refractivity contribution in [3.63, 3.8) is 0 Å². The van der Waals surface area contributed by atoms with Crippen LogP contribution < -0.4 is 4.90 Å². The second-order valence-corrected chi connectivity index (χ2v) is 4.93. The minimum absolute atomic E-state index is 0. The molecule has 17 heavy (non-hydrogen) atoms. The van der Waals surface area contributed by atoms with Crippen LogP contribution in [0.1, 0.15) is 43.7 Å². The van der Waals surface area contributed by atoms with Crippen LogP contribution in [0.5, 0.6) is 0 Å². The minimum Gasteiger partial charge on any atom is -0.461 e. The molecule has 1 aliphatic rings. The topological polar surface area (TPSA) is 33.2 Å². The molecule has 2 rings (SSSR count). The number of hydrogen-bond donors (Lipinski definition) is 0. The van der Waals surface area contributed by atoms with Gasteiger partial charge in [-0.1, -0.05) is 19.3 Å². The third-order valence-corrected chi connectivity index (χ3v) is 3.94. The summed E-state index contributed by atoms with van der Waals surface area (Å²) in [7, 11) is 5.43. The van der Waals surface area contributed by atoms with Gasteiger partial charge in [0, 0.05) is 49.5 Å². The number of nitrogens with zero attached hydrogens (tertiary/aromatic N) is 2. The second-order valence-electron chi connectivity index (χ2n) is 4.09. The van der Waals surface area contributed by atoms with Gasteiger partial charge < -0.3 is 14.7 Å². The van der Waals surface area contributed by atoms with E-state index in [1.165, 1.54) is 48.3 Å². The number of hydrogen-bond acceptors (Lipinski definition) is 3. The van der Waals surface area contributed by atoms with E-state index in [-0.39, 0.29) is 39.2 Å². The van der Waals surface area contributed by atoms with Crippen LogP contribution in [0, 0.1) is 0 Å². The molecule has 1 amide bonds. The molecule has 0 unspecified atom stereocenters. The summed E-state index contributed by atoms with van der Waals surface area (Å²) in [4.78, 5) is 16.4. The van der Waals surface area contributed by atoms with E-state index >= 15 is 0 Å². The van der Waals surface area contributed by atoms with Crippen LogP contribution in [0.15, 0.2) is 5.38 Å². The maximum atomic E-state index is 10.6. The Hall–Kier alpha value is 0.269. The average Bonchev–Trinajstić information content (AvgIpc) is 2.81. The van der Waals surface area contributed by atoms with Gasteiger partial charge in [-0.15, -0.1) is 0 Å². The Balaban J connectivity index is 0.00000144. The van der Waals surface area contributed by atoms with E-state index in [0.29, 0.717) is 11.0 Å². The fraction of sp³-hybridized carbons (Fsp3) is 0.636. The molecule has 0 spiro atoms. The zero-order valence-corrected chi connectivity index (χ0v) is 13.4. The standard InChI is InChI=1S/C11H14BN2OS.Y/c12-7-14(8-15)11-13-10(6-16-11)9-4-2-1-3-5-9;/h6,9H,1-5,7H2;/q-1;. The van der Waals surface area contributed by atoms with Crippen LogP contribution in [0.25, 0.3) is 0 Å². The van der Waals surface area contributed by atoms with Crippen LogP contribution in [0.2, 0.25) is 0 Å². The van der Waals surface area contributed by atoms with Crippen molar-refractivity contribution in [3.8, 4) is 0 Å². The number of anilines is 1. The molecule has 3 radical (unpaired) electrons. The number of amides is 1. The fourth-order valence-corrected chi connectivity index (χ4v) is 3.01. The summed E-state index contributed by atoms with van der Waals surface area (Å²) in [5.41, 5.74) is 1.12. The van der Waals surface area contributed by atoms with Crippen molar-refractivity contribution < 1.29 is 37.5 Å². The summed E-state index contributed by atoms with van der Waals surface area (Å²) in [5.74, 6) is 0.574. The molecule has 1 fully saturated rings. The van der Waals surface area contributed by atoms with Gasteiger partial charge in [0.1, 0.15) is 0 Å². The summed E-state index contributed by atoms with van der Waals surface area (Å²) < 4.78 is 0. The van der Waals surface area contributed by atoms with E-state index in [2.05, 4.69) is 4.98 Å². The van der Waals surface area contributed by atoms with Crippen LogP contribution in [0.3, 0.4) is 0 Å². The zero-order valence-electron chi connectivity index (χ0n) is 9.76. The first-order valence-electron chi connectivity index (χ1n) is 5.66. The summed E-state index contributed by atoms with van der Waals surface area (Å²) in [6.07, 6.45) is 8.29. The first-order valence-corrected chi connectivity index (χ1v) is 6.54. The summed E-state index contributed by atoms with van der Waals surface area (Å²) in [6, 6.07) is 0. The molecule has 6 heteroatoms. The molecular formula is C11H14BN2OSY-. The maximum absolute atomic E-state index is 10.6. The van der Waals surface area contributed by atoms with Crippen molar-refractivity contribution in [2.75, 3.05) is 11.3 Å². The zero-order chi connectivity index (χ0) is 11.4. The molecule has 3 nitrogen and oxygen atoms in total. The first kappa shape index (κ1) is 15.3. The predicted octanol–water partition coefficient (Wildman–Crippen LogP) is 2.19. The van der Waals surface area contributed by atoms with E-state index in [9.17, 15) is 4.79 Å². The number of aromatic nitrogens is 1. The summed E-state index contributed by atoms with van der Waals surface area (Å²) in [5, 5.41) is 2.71. The van der Waals surface area contributed by atoms with Crippen molar-refractivity contribution in [1.29, 1.82) is 0 Å². The Bertz CT molecular complexity index is 355. The van der Waals surface area contributed by atoms with E-state index in [0.717, 1.165) is 5.69 Å². The van der Waals surface area contributed by atoms with Gasteiger partial charge >= 0.3 is 0 Å². The molecular weight excluding hydrogens is 308 g/mol. The average molecular weight is 322 g/mol. The number of thiazole rings is 1. The van der Waals surface area contributed by atoms with Gasteiger partial charge in [0.15, 0.2) is 0 Å². The molecule has 0 saturated heterocycles. The SMILES string of the molecule is [B]CN([C-]=O)c1nc(C2CCCCC2)cs1.[Y]. The Morgan fingerprint density at radius 2 is 2.18 bits per heavy atom. The molecule has 1 aromatic heterocycles. The monoisotopic (exact) mass is 322 g/mol. The van der Waals surface area contributed by atoms with E-state index in [4.69, 9.17) is 7.85 Å². The second kappa shape index (κ2) is 7.65. The van der Waals surface area contributed by atoms with Crippen molar-refractivity contribution in [2.45, 2.75) is 38.0 Å². The summed E-state index contributed by atoms with van der Waals surface area (Å²) in [6.45, 7) is 0. The van der Waals surface area contributed by atoms with E-state index < -0.39 is 0 Å². The Labute approximate surface area is 133 Å². The van der Waals surface area contributed by atoms with Gasteiger partial charge in [-0.25, -0.2) is 11.3 Å². The van der Waals surface area contributed by atoms with Gasteiger partial charge in [-0.2, -0.15) is 0 Å². The third-order valence-electron chi connectivity index (χ3n) is 3.06. The van der Waals surface area contributed by atoms with Gasteiger partial charge in [-0.05, 0) is 24.7 Å². The third kappa shape index (κ3) is 3.87. The summed E-state index contributed by atoms with van der Waals surface area (Å²) >= 11 is 1.47. The van der Waals surface area contributed by atoms with Crippen molar-refractivity contribution in [1.82, 2.24) is 4.98 Å². The maximum Gasteiger partial charge on any atom is 0.0907 e. The van der Waals surface area contributed by atoms with Crippen molar-refractivity contribution in [2.24, 2.45) is 0 Å². The molecule has 1 saturated carbocycles. The number of carbonyl (C=O) groups excluding carboxylic acids is 1. The van der Waals surface area contributed by atoms with Gasteiger partial charge in [-0.3, -0.25) is 0 Å². The van der Waals surface area contributed by atoms with Gasteiger partial charge in [0.2, 0.25) is 0 Å². The molecule has 0 atom stereocenters. The van der Waals surface area contributed by atoms with Gasteiger partial charge in [0.25, 0.3) is 0 Å². The fourth-order valence-electron chi connectivity index (χ4n) is 2.14. The van der Waals surface area contributed by atoms with Crippen LogP contribution in [-0.2, 0) is 37.5 Å². The minimum atomic E-state index is 0. The van der Waals surface area contributed by atoms with Crippen LogP contribution in [0.4, 0.5) is 5.13 Å². The largest absolute Gasteiger partial charge is 0.461 e. The van der Waals surface area contributed by atoms with Crippen LogP contribution >= 0.6 is 11.3 Å². The Morgan fingerprint density at radius 1 is 1.47 bits per heavy atom. The Kier molecular flexibility index (Phi) is 6.90. The quantitative estimate of drug-likeness (QED) is 0.484. The normalized spacial score (nSPS) is 16.2. The molecule has 1 heterocycles. The molecule has 1 aromatic rings. The van der Waals surface area contributed by atoms with Crippen molar-refractivity contribution >= 4 is 30.7 Å². The Morgan fingerprint density at radius 3 is 2.76 bits per heavy atom. The first-order chi connectivity index (χ1) is 7.85. The molecule has 0 aromatic carbocycles. The van der Waals surface area contributed by atoms with Crippen molar-refractivity contribution in [3.05, 3.63) is 11.1 Å². The molecule has 0 N–H and O–H groups in total. The molecule has 0 aliphatic heterocycles. The predicted molar refractivity (Wildman–Crippen MR) is 66.7 cm³/mol. The molecule has 87 valence electrons. The smallest absolute Gasteiger partial charge is 0.0907 e. The van der Waals surface area contributed by atoms with Crippen LogP contribution in [-0.4, -0.2) is 25.7 Å². The van der Waals surface area contributed by atoms with E-state index in [1.807, 2.05) is 5.38 Å². The molecule has 0 bridgehead atoms. The molecule has 1 aliphatic carbocycles. The van der Waals surface area contributed by atoms with Gasteiger partial charge in [0.05, 0.1) is 14.3 Å².